The Bertz CT molecular complexity index is 494. The lowest BCUT2D eigenvalue weighted by Crippen LogP contribution is -2.41. The molecule has 0 amide bonds. The molecule has 1 atom stereocenters. The van der Waals surface area contributed by atoms with Crippen LogP contribution in [0.2, 0.25) is 5.82 Å². The molecular weight excluding hydrogens is 275 g/mol. The molecule has 0 N–H and O–H groups in total. The van der Waals surface area contributed by atoms with E-state index in [-0.39, 0.29) is 29.9 Å². The van der Waals surface area contributed by atoms with Gasteiger partial charge in [0.05, 0.1) is 11.2 Å². The molecule has 1 saturated heterocycles. The Morgan fingerprint density at radius 2 is 1.64 bits per heavy atom. The Kier molecular flexibility index (Phi) is 5.13. The summed E-state index contributed by atoms with van der Waals surface area (Å²) in [6, 6.07) is 9.48. The lowest BCUT2D eigenvalue weighted by Gasteiger charge is -2.32. The molecule has 0 radical (unpaired) electrons. The van der Waals surface area contributed by atoms with Gasteiger partial charge in [-0.1, -0.05) is 43.7 Å². The van der Waals surface area contributed by atoms with Gasteiger partial charge < -0.3 is 9.31 Å². The van der Waals surface area contributed by atoms with Crippen LogP contribution in [0, 0.1) is 0 Å². The summed E-state index contributed by atoms with van der Waals surface area (Å²) >= 11 is 0. The number of Topliss-reactive ketones (excluding diaryl/α,β-unsaturated/α-hetero) is 1. The zero-order valence-electron chi connectivity index (χ0n) is 14.4. The first-order valence-corrected chi connectivity index (χ1v) is 8.17. The highest BCUT2D eigenvalue weighted by atomic mass is 16.7. The molecule has 0 bridgehead atoms. The Morgan fingerprint density at radius 1 is 1.09 bits per heavy atom. The van der Waals surface area contributed by atoms with Crippen molar-refractivity contribution < 1.29 is 14.1 Å². The van der Waals surface area contributed by atoms with Crippen molar-refractivity contribution in [1.29, 1.82) is 0 Å². The molecule has 2 rings (SSSR count). The number of ketones is 1. The van der Waals surface area contributed by atoms with Gasteiger partial charge in [0.25, 0.3) is 0 Å². The zero-order chi connectivity index (χ0) is 16.4. The van der Waals surface area contributed by atoms with Gasteiger partial charge in [-0.2, -0.15) is 0 Å². The molecule has 0 aliphatic carbocycles. The highest BCUT2D eigenvalue weighted by Crippen LogP contribution is 2.40. The van der Waals surface area contributed by atoms with Crippen LogP contribution in [-0.4, -0.2) is 24.1 Å². The van der Waals surface area contributed by atoms with Gasteiger partial charge in [0.2, 0.25) is 0 Å². The van der Waals surface area contributed by atoms with Crippen LogP contribution in [0.3, 0.4) is 0 Å². The van der Waals surface area contributed by atoms with Crippen molar-refractivity contribution in [3.8, 4) is 0 Å². The van der Waals surface area contributed by atoms with Gasteiger partial charge in [0.1, 0.15) is 0 Å². The molecule has 0 saturated carbocycles. The number of hydrogen-bond acceptors (Lipinski definition) is 3. The fourth-order valence-corrected chi connectivity index (χ4v) is 2.61. The molecule has 1 aliphatic rings. The summed E-state index contributed by atoms with van der Waals surface area (Å²) in [5.41, 5.74) is 0.225. The van der Waals surface area contributed by atoms with Crippen LogP contribution in [0.5, 0.6) is 0 Å². The largest absolute Gasteiger partial charge is 0.460 e. The van der Waals surface area contributed by atoms with Crippen LogP contribution in [-0.2, 0) is 9.31 Å². The highest BCUT2D eigenvalue weighted by Gasteiger charge is 2.52. The van der Waals surface area contributed by atoms with Gasteiger partial charge in [-0.25, -0.2) is 0 Å². The summed E-state index contributed by atoms with van der Waals surface area (Å²) in [6.07, 6.45) is 2.36. The second-order valence-corrected chi connectivity index (χ2v) is 7.28. The van der Waals surface area contributed by atoms with Crippen LogP contribution in [0.15, 0.2) is 30.3 Å². The third kappa shape index (κ3) is 3.79. The third-order valence-corrected chi connectivity index (χ3v) is 4.90. The first-order valence-electron chi connectivity index (χ1n) is 8.17. The molecule has 22 heavy (non-hydrogen) atoms. The lowest BCUT2D eigenvalue weighted by molar-refractivity contribution is 0.00578. The number of carbonyl (C=O) groups excluding carboxylic acids is 1. The number of rotatable bonds is 6. The van der Waals surface area contributed by atoms with Crippen LogP contribution >= 0.6 is 0 Å². The van der Waals surface area contributed by atoms with E-state index in [0.717, 1.165) is 18.4 Å². The Labute approximate surface area is 134 Å². The summed E-state index contributed by atoms with van der Waals surface area (Å²) in [6.45, 7) is 10.4. The molecule has 0 unspecified atom stereocenters. The van der Waals surface area contributed by atoms with Gasteiger partial charge in [-0.05, 0) is 39.9 Å². The van der Waals surface area contributed by atoms with Crippen LogP contribution in [0.1, 0.15) is 64.2 Å². The fourth-order valence-electron chi connectivity index (χ4n) is 2.61. The molecule has 3 nitrogen and oxygen atoms in total. The monoisotopic (exact) mass is 302 g/mol. The lowest BCUT2D eigenvalue weighted by atomic mass is 9.70. The van der Waals surface area contributed by atoms with Crippen LogP contribution < -0.4 is 0 Å². The highest BCUT2D eigenvalue weighted by molar-refractivity contribution is 6.47. The minimum atomic E-state index is -0.286. The summed E-state index contributed by atoms with van der Waals surface area (Å²) in [7, 11) is -0.183. The van der Waals surface area contributed by atoms with Crippen molar-refractivity contribution >= 4 is 12.9 Å². The fraction of sp³-hybridized carbons (Fsp3) is 0.611. The molecule has 4 heteroatoms. The van der Waals surface area contributed by atoms with E-state index in [2.05, 4.69) is 34.6 Å². The van der Waals surface area contributed by atoms with Crippen molar-refractivity contribution in [3.05, 3.63) is 35.9 Å². The molecule has 1 fully saturated rings. The summed E-state index contributed by atoms with van der Waals surface area (Å²) in [5, 5.41) is 0. The van der Waals surface area contributed by atoms with Gasteiger partial charge >= 0.3 is 7.12 Å². The van der Waals surface area contributed by atoms with Gasteiger partial charge in [-0.15, -0.1) is 0 Å². The quantitative estimate of drug-likeness (QED) is 0.572. The van der Waals surface area contributed by atoms with Gasteiger partial charge in [0.15, 0.2) is 5.78 Å². The standard InChI is InChI=1S/C18H27BO3/c1-14(19-21-17(2,3)18(4,5)22-19)10-9-13-16(20)15-11-7-6-8-12-15/h6-8,11-12,14H,9-10,13H2,1-5H3/t14-/m0/s1. The average molecular weight is 302 g/mol. The maximum Gasteiger partial charge on any atom is 0.460 e. The molecular formula is C18H27BO3. The predicted octanol–water partition coefficient (Wildman–Crippen LogP) is 4.52. The molecule has 0 spiro atoms. The van der Waals surface area contributed by atoms with E-state index in [4.69, 9.17) is 9.31 Å². The Morgan fingerprint density at radius 3 is 2.18 bits per heavy atom. The molecule has 1 heterocycles. The van der Waals surface area contributed by atoms with Crippen LogP contribution in [0.4, 0.5) is 0 Å². The second-order valence-electron chi connectivity index (χ2n) is 7.28. The number of hydrogen-bond donors (Lipinski definition) is 0. The summed E-state index contributed by atoms with van der Waals surface area (Å²) in [5.74, 6) is 0.492. The first-order chi connectivity index (χ1) is 10.2. The van der Waals surface area contributed by atoms with Crippen molar-refractivity contribution in [2.24, 2.45) is 0 Å². The predicted molar refractivity (Wildman–Crippen MR) is 90.1 cm³/mol. The minimum absolute atomic E-state index is 0.183. The van der Waals surface area contributed by atoms with Crippen molar-refractivity contribution in [2.75, 3.05) is 0 Å². The average Bonchev–Trinajstić information content (AvgIpc) is 2.68. The zero-order valence-corrected chi connectivity index (χ0v) is 14.4. The second kappa shape index (κ2) is 6.55. The van der Waals surface area contributed by atoms with E-state index >= 15 is 0 Å². The molecule has 120 valence electrons. The van der Waals surface area contributed by atoms with E-state index < -0.39 is 0 Å². The van der Waals surface area contributed by atoms with Gasteiger partial charge in [0, 0.05) is 12.0 Å². The third-order valence-electron chi connectivity index (χ3n) is 4.90. The van der Waals surface area contributed by atoms with E-state index in [9.17, 15) is 4.79 Å². The molecule has 0 aromatic heterocycles. The SMILES string of the molecule is C[C@@H](CCCC(=O)c1ccccc1)B1OC(C)(C)C(C)(C)O1. The number of benzene rings is 1. The minimum Gasteiger partial charge on any atom is -0.403 e. The van der Waals surface area contributed by atoms with Crippen molar-refractivity contribution in [2.45, 2.75) is 70.9 Å². The van der Waals surface area contributed by atoms with E-state index in [1.807, 2.05) is 30.3 Å². The Hall–Kier alpha value is -1.13. The van der Waals surface area contributed by atoms with Gasteiger partial charge in [-0.3, -0.25) is 4.79 Å². The smallest absolute Gasteiger partial charge is 0.403 e. The van der Waals surface area contributed by atoms with E-state index in [0.29, 0.717) is 6.42 Å². The normalized spacial score (nSPS) is 20.9. The maximum atomic E-state index is 12.1. The van der Waals surface area contributed by atoms with E-state index in [1.165, 1.54) is 0 Å². The van der Waals surface area contributed by atoms with Crippen molar-refractivity contribution in [3.63, 3.8) is 0 Å². The van der Waals surface area contributed by atoms with Crippen LogP contribution in [0.25, 0.3) is 0 Å². The first kappa shape index (κ1) is 17.2. The van der Waals surface area contributed by atoms with E-state index in [1.54, 1.807) is 0 Å². The maximum absolute atomic E-state index is 12.1. The Balaban J connectivity index is 1.80. The summed E-state index contributed by atoms with van der Waals surface area (Å²) in [4.78, 5) is 12.1. The molecule has 1 aromatic carbocycles. The number of carbonyl (C=O) groups is 1. The van der Waals surface area contributed by atoms with Crippen molar-refractivity contribution in [1.82, 2.24) is 0 Å². The summed E-state index contributed by atoms with van der Waals surface area (Å²) < 4.78 is 12.1. The molecule has 1 aliphatic heterocycles. The molecule has 1 aromatic rings. The topological polar surface area (TPSA) is 35.5 Å².